The van der Waals surface area contributed by atoms with E-state index in [2.05, 4.69) is 40.6 Å². The number of nitrogens with zero attached hydrogens (tertiary/aromatic N) is 1. The number of hydrogen-bond donors (Lipinski definition) is 1. The molecule has 0 spiro atoms. The van der Waals surface area contributed by atoms with Crippen LogP contribution >= 0.6 is 0 Å². The fraction of sp³-hybridized carbons (Fsp3) is 0.400. The molecule has 18 heavy (non-hydrogen) atoms. The van der Waals surface area contributed by atoms with Crippen LogP contribution in [0.5, 0.6) is 0 Å². The molecule has 1 fully saturated rings. The molecule has 0 saturated heterocycles. The van der Waals surface area contributed by atoms with Gasteiger partial charge in [0.2, 0.25) is 5.89 Å². The smallest absolute Gasteiger partial charge is 0.208 e. The van der Waals surface area contributed by atoms with E-state index >= 15 is 0 Å². The second-order valence-corrected chi connectivity index (χ2v) is 5.02. The second-order valence-electron chi connectivity index (χ2n) is 5.02. The average molecular weight is 242 g/mol. The van der Waals surface area contributed by atoms with Gasteiger partial charge in [-0.3, -0.25) is 0 Å². The van der Waals surface area contributed by atoms with Crippen molar-refractivity contribution >= 4 is 0 Å². The molecule has 1 aromatic heterocycles. The molecule has 1 heterocycles. The molecule has 0 unspecified atom stereocenters. The number of aryl methyl sites for hydroxylation is 1. The van der Waals surface area contributed by atoms with Gasteiger partial charge in [0.25, 0.3) is 0 Å². The quantitative estimate of drug-likeness (QED) is 0.895. The molecule has 94 valence electrons. The Morgan fingerprint density at radius 3 is 2.72 bits per heavy atom. The van der Waals surface area contributed by atoms with Crippen molar-refractivity contribution < 1.29 is 4.42 Å². The summed E-state index contributed by atoms with van der Waals surface area (Å²) in [6, 6.07) is 11.3. The van der Waals surface area contributed by atoms with Crippen LogP contribution in [0.3, 0.4) is 0 Å². The standard InChI is InChI=1S/C15H18N2O/c1-11-9-17-15(18-11)10-16-14-7-13(8-14)12-5-3-2-4-6-12/h2-6,9,13-14,16H,7-8,10H2,1H3. The molecule has 0 amide bonds. The summed E-state index contributed by atoms with van der Waals surface area (Å²) in [6.07, 6.45) is 4.19. The van der Waals surface area contributed by atoms with E-state index in [1.54, 1.807) is 6.20 Å². The molecular weight excluding hydrogens is 224 g/mol. The first-order valence-electron chi connectivity index (χ1n) is 6.51. The van der Waals surface area contributed by atoms with Crippen molar-refractivity contribution in [2.75, 3.05) is 0 Å². The van der Waals surface area contributed by atoms with Crippen LogP contribution in [0.15, 0.2) is 40.9 Å². The molecule has 3 heteroatoms. The molecule has 1 saturated carbocycles. The molecule has 3 rings (SSSR count). The first-order valence-corrected chi connectivity index (χ1v) is 6.51. The number of nitrogens with one attached hydrogen (secondary N) is 1. The van der Waals surface area contributed by atoms with Crippen molar-refractivity contribution in [3.63, 3.8) is 0 Å². The highest BCUT2D eigenvalue weighted by molar-refractivity contribution is 5.22. The Bertz CT molecular complexity index is 500. The summed E-state index contributed by atoms with van der Waals surface area (Å²) in [5.41, 5.74) is 1.46. The fourth-order valence-electron chi connectivity index (χ4n) is 2.50. The van der Waals surface area contributed by atoms with Crippen LogP contribution in [0.2, 0.25) is 0 Å². The summed E-state index contributed by atoms with van der Waals surface area (Å²) < 4.78 is 5.44. The maximum Gasteiger partial charge on any atom is 0.208 e. The van der Waals surface area contributed by atoms with E-state index in [4.69, 9.17) is 4.42 Å². The highest BCUT2D eigenvalue weighted by Crippen LogP contribution is 2.36. The molecule has 1 aliphatic rings. The minimum Gasteiger partial charge on any atom is -0.445 e. The third-order valence-electron chi connectivity index (χ3n) is 3.62. The Hall–Kier alpha value is -1.61. The normalized spacial score (nSPS) is 22.7. The summed E-state index contributed by atoms with van der Waals surface area (Å²) in [4.78, 5) is 4.19. The van der Waals surface area contributed by atoms with Gasteiger partial charge in [-0.1, -0.05) is 30.3 Å². The number of benzene rings is 1. The van der Waals surface area contributed by atoms with Crippen LogP contribution in [0, 0.1) is 6.92 Å². The van der Waals surface area contributed by atoms with Crippen molar-refractivity contribution in [3.05, 3.63) is 53.7 Å². The molecule has 0 bridgehead atoms. The molecule has 1 aromatic carbocycles. The zero-order valence-electron chi connectivity index (χ0n) is 10.6. The average Bonchev–Trinajstić information content (AvgIpc) is 2.74. The lowest BCUT2D eigenvalue weighted by atomic mass is 9.76. The molecule has 1 N–H and O–H groups in total. The van der Waals surface area contributed by atoms with Gasteiger partial charge >= 0.3 is 0 Å². The van der Waals surface area contributed by atoms with E-state index in [-0.39, 0.29) is 0 Å². The van der Waals surface area contributed by atoms with E-state index in [0.717, 1.165) is 24.1 Å². The van der Waals surface area contributed by atoms with Crippen LogP contribution in [0.4, 0.5) is 0 Å². The van der Waals surface area contributed by atoms with Crippen LogP contribution < -0.4 is 5.32 Å². The van der Waals surface area contributed by atoms with Crippen LogP contribution in [-0.2, 0) is 6.54 Å². The van der Waals surface area contributed by atoms with Crippen LogP contribution in [-0.4, -0.2) is 11.0 Å². The summed E-state index contributed by atoms with van der Waals surface area (Å²) >= 11 is 0. The maximum absolute atomic E-state index is 5.44. The first-order chi connectivity index (χ1) is 8.81. The van der Waals surface area contributed by atoms with Gasteiger partial charge in [0, 0.05) is 6.04 Å². The molecular formula is C15H18N2O. The highest BCUT2D eigenvalue weighted by atomic mass is 16.4. The number of rotatable bonds is 4. The maximum atomic E-state index is 5.44. The van der Waals surface area contributed by atoms with Gasteiger partial charge in [-0.2, -0.15) is 0 Å². The monoisotopic (exact) mass is 242 g/mol. The molecule has 0 radical (unpaired) electrons. The molecule has 1 aliphatic carbocycles. The van der Waals surface area contributed by atoms with E-state index < -0.39 is 0 Å². The third kappa shape index (κ3) is 2.46. The van der Waals surface area contributed by atoms with Crippen molar-refractivity contribution in [1.29, 1.82) is 0 Å². The lowest BCUT2D eigenvalue weighted by Crippen LogP contribution is -2.39. The van der Waals surface area contributed by atoms with Crippen molar-refractivity contribution in [3.8, 4) is 0 Å². The van der Waals surface area contributed by atoms with E-state index in [1.165, 1.54) is 18.4 Å². The summed E-state index contributed by atoms with van der Waals surface area (Å²) in [5.74, 6) is 2.38. The zero-order valence-corrected chi connectivity index (χ0v) is 10.6. The predicted octanol–water partition coefficient (Wildman–Crippen LogP) is 3.02. The summed E-state index contributed by atoms with van der Waals surface area (Å²) in [6.45, 7) is 2.66. The van der Waals surface area contributed by atoms with Crippen LogP contribution in [0.1, 0.15) is 36.0 Å². The number of aromatic nitrogens is 1. The van der Waals surface area contributed by atoms with Gasteiger partial charge in [-0.15, -0.1) is 0 Å². The van der Waals surface area contributed by atoms with Gasteiger partial charge < -0.3 is 9.73 Å². The topological polar surface area (TPSA) is 38.1 Å². The molecule has 2 aromatic rings. The van der Waals surface area contributed by atoms with Crippen LogP contribution in [0.25, 0.3) is 0 Å². The zero-order chi connectivity index (χ0) is 12.4. The Morgan fingerprint density at radius 1 is 1.28 bits per heavy atom. The Morgan fingerprint density at radius 2 is 2.06 bits per heavy atom. The number of hydrogen-bond acceptors (Lipinski definition) is 3. The highest BCUT2D eigenvalue weighted by Gasteiger charge is 2.29. The third-order valence-corrected chi connectivity index (χ3v) is 3.62. The largest absolute Gasteiger partial charge is 0.445 e. The predicted molar refractivity (Wildman–Crippen MR) is 70.3 cm³/mol. The minimum atomic E-state index is 0.599. The van der Waals surface area contributed by atoms with Crippen molar-refractivity contribution in [1.82, 2.24) is 10.3 Å². The number of oxazole rings is 1. The summed E-state index contributed by atoms with van der Waals surface area (Å²) in [5, 5.41) is 3.49. The van der Waals surface area contributed by atoms with E-state index in [9.17, 15) is 0 Å². The van der Waals surface area contributed by atoms with Gasteiger partial charge in [0.05, 0.1) is 12.7 Å². The van der Waals surface area contributed by atoms with E-state index in [0.29, 0.717) is 6.04 Å². The molecule has 0 aliphatic heterocycles. The summed E-state index contributed by atoms with van der Waals surface area (Å²) in [7, 11) is 0. The fourth-order valence-corrected chi connectivity index (χ4v) is 2.50. The second kappa shape index (κ2) is 4.94. The SMILES string of the molecule is Cc1cnc(CNC2CC(c3ccccc3)C2)o1. The van der Waals surface area contributed by atoms with Gasteiger partial charge in [0.15, 0.2) is 0 Å². The lowest BCUT2D eigenvalue weighted by molar-refractivity contribution is 0.279. The van der Waals surface area contributed by atoms with Gasteiger partial charge in [0.1, 0.15) is 5.76 Å². The Labute approximate surface area is 107 Å². The minimum absolute atomic E-state index is 0.599. The first kappa shape index (κ1) is 11.5. The Balaban J connectivity index is 1.46. The lowest BCUT2D eigenvalue weighted by Gasteiger charge is -2.36. The molecule has 3 nitrogen and oxygen atoms in total. The molecule has 0 atom stereocenters. The van der Waals surface area contributed by atoms with Crippen molar-refractivity contribution in [2.24, 2.45) is 0 Å². The van der Waals surface area contributed by atoms with Gasteiger partial charge in [-0.25, -0.2) is 4.98 Å². The van der Waals surface area contributed by atoms with E-state index in [1.807, 2.05) is 6.92 Å². The van der Waals surface area contributed by atoms with Crippen molar-refractivity contribution in [2.45, 2.75) is 38.3 Å². The Kier molecular flexibility index (Phi) is 3.15. The van der Waals surface area contributed by atoms with Gasteiger partial charge in [-0.05, 0) is 31.2 Å².